The Morgan fingerprint density at radius 1 is 1.08 bits per heavy atom. The first-order valence-corrected chi connectivity index (χ1v) is 9.17. The first kappa shape index (κ1) is 18.4. The van der Waals surface area contributed by atoms with Gasteiger partial charge in [0, 0.05) is 22.6 Å². The molecule has 3 rings (SSSR count). The van der Waals surface area contributed by atoms with Crippen LogP contribution in [-0.4, -0.2) is 15.7 Å². The zero-order valence-corrected chi connectivity index (χ0v) is 14.9. The fourth-order valence-electron chi connectivity index (χ4n) is 2.44. The maximum absolute atomic E-state index is 12.9. The van der Waals surface area contributed by atoms with E-state index in [1.54, 1.807) is 24.2 Å². The van der Waals surface area contributed by atoms with Crippen LogP contribution < -0.4 is 4.72 Å². The maximum Gasteiger partial charge on any atom is 0.416 e. The number of benzene rings is 2. The molecule has 3 aromatic rings. The van der Waals surface area contributed by atoms with Crippen molar-refractivity contribution in [3.05, 3.63) is 60.3 Å². The van der Waals surface area contributed by atoms with Crippen molar-refractivity contribution in [2.75, 3.05) is 10.5 Å². The van der Waals surface area contributed by atoms with Crippen LogP contribution in [0, 0.1) is 0 Å². The summed E-state index contributed by atoms with van der Waals surface area (Å²) in [6, 6.07) is 12.9. The molecule has 2 N–H and O–H groups in total. The summed E-state index contributed by atoms with van der Waals surface area (Å²) in [5, 5.41) is 0. The number of nitrogens with zero attached hydrogens (tertiary/aromatic N) is 1. The standard InChI is InChI=1S/C19H18F3N3S/c1-2-9-26-25-16-8-4-6-14(11-16)18-23-12-17(24-18)13-5-3-7-15(10-13)19(20,21)22/h3-8,10-12,25H,2,9H2,1H3,(H,23,24). The lowest BCUT2D eigenvalue weighted by molar-refractivity contribution is -0.137. The second kappa shape index (κ2) is 7.86. The highest BCUT2D eigenvalue weighted by molar-refractivity contribution is 8.00. The van der Waals surface area contributed by atoms with E-state index in [0.717, 1.165) is 35.6 Å². The van der Waals surface area contributed by atoms with Gasteiger partial charge in [-0.3, -0.25) is 0 Å². The predicted octanol–water partition coefficient (Wildman–Crippen LogP) is 6.23. The average Bonchev–Trinajstić information content (AvgIpc) is 3.12. The molecule has 0 bridgehead atoms. The van der Waals surface area contributed by atoms with Crippen molar-refractivity contribution in [2.45, 2.75) is 19.5 Å². The van der Waals surface area contributed by atoms with Gasteiger partial charge in [-0.05, 0) is 30.7 Å². The van der Waals surface area contributed by atoms with Crippen molar-refractivity contribution in [1.82, 2.24) is 9.97 Å². The Morgan fingerprint density at radius 2 is 1.85 bits per heavy atom. The molecule has 0 unspecified atom stereocenters. The number of aromatic amines is 1. The van der Waals surface area contributed by atoms with Gasteiger partial charge < -0.3 is 9.71 Å². The lowest BCUT2D eigenvalue weighted by atomic mass is 10.1. The molecule has 0 radical (unpaired) electrons. The molecule has 1 heterocycles. The second-order valence-electron chi connectivity index (χ2n) is 5.76. The van der Waals surface area contributed by atoms with E-state index in [4.69, 9.17) is 0 Å². The van der Waals surface area contributed by atoms with Crippen molar-refractivity contribution in [3.63, 3.8) is 0 Å². The fraction of sp³-hybridized carbons (Fsp3) is 0.211. The number of H-pyrrole nitrogens is 1. The molecular weight excluding hydrogens is 359 g/mol. The Balaban J connectivity index is 1.83. The molecule has 3 nitrogen and oxygen atoms in total. The van der Waals surface area contributed by atoms with E-state index in [-0.39, 0.29) is 0 Å². The summed E-state index contributed by atoms with van der Waals surface area (Å²) in [5.74, 6) is 1.62. The van der Waals surface area contributed by atoms with Crippen LogP contribution in [0.5, 0.6) is 0 Å². The SMILES string of the molecule is CCCSNc1cccc(-c2ncc(-c3cccc(C(F)(F)F)c3)[nH]2)c1. The normalized spacial score (nSPS) is 11.5. The highest BCUT2D eigenvalue weighted by atomic mass is 32.2. The largest absolute Gasteiger partial charge is 0.416 e. The molecule has 0 saturated carbocycles. The summed E-state index contributed by atoms with van der Waals surface area (Å²) in [6.45, 7) is 2.11. The number of hydrogen-bond donors (Lipinski definition) is 2. The van der Waals surface area contributed by atoms with E-state index < -0.39 is 11.7 Å². The number of anilines is 1. The van der Waals surface area contributed by atoms with Gasteiger partial charge in [0.25, 0.3) is 0 Å². The summed E-state index contributed by atoms with van der Waals surface area (Å²) in [5.41, 5.74) is 2.14. The van der Waals surface area contributed by atoms with Gasteiger partial charge in [-0.2, -0.15) is 13.2 Å². The highest BCUT2D eigenvalue weighted by Crippen LogP contribution is 2.32. The van der Waals surface area contributed by atoms with Gasteiger partial charge in [0.05, 0.1) is 17.5 Å². The molecule has 0 amide bonds. The fourth-order valence-corrected chi connectivity index (χ4v) is 3.04. The van der Waals surface area contributed by atoms with E-state index >= 15 is 0 Å². The van der Waals surface area contributed by atoms with Crippen LogP contribution in [0.3, 0.4) is 0 Å². The minimum atomic E-state index is -4.37. The van der Waals surface area contributed by atoms with Gasteiger partial charge in [0.2, 0.25) is 0 Å². The number of nitrogens with one attached hydrogen (secondary N) is 2. The molecule has 0 saturated heterocycles. The Kier molecular flexibility index (Phi) is 5.56. The minimum Gasteiger partial charge on any atom is -0.338 e. The van der Waals surface area contributed by atoms with Crippen molar-refractivity contribution in [3.8, 4) is 22.6 Å². The first-order chi connectivity index (χ1) is 12.5. The van der Waals surface area contributed by atoms with Gasteiger partial charge in [-0.1, -0.05) is 43.1 Å². The lowest BCUT2D eigenvalue weighted by Gasteiger charge is -2.08. The molecule has 136 valence electrons. The average molecular weight is 377 g/mol. The molecule has 26 heavy (non-hydrogen) atoms. The summed E-state index contributed by atoms with van der Waals surface area (Å²) in [7, 11) is 0. The number of hydrogen-bond acceptors (Lipinski definition) is 3. The molecule has 0 aliphatic heterocycles. The van der Waals surface area contributed by atoms with Crippen LogP contribution in [0.25, 0.3) is 22.6 Å². The van der Waals surface area contributed by atoms with Crippen LogP contribution in [0.15, 0.2) is 54.7 Å². The summed E-state index contributed by atoms with van der Waals surface area (Å²) >= 11 is 1.63. The topological polar surface area (TPSA) is 40.7 Å². The molecule has 2 aromatic carbocycles. The van der Waals surface area contributed by atoms with E-state index in [0.29, 0.717) is 17.1 Å². The maximum atomic E-state index is 12.9. The van der Waals surface area contributed by atoms with Crippen molar-refractivity contribution < 1.29 is 13.2 Å². The van der Waals surface area contributed by atoms with E-state index in [9.17, 15) is 13.2 Å². The Labute approximate surface area is 154 Å². The molecule has 0 atom stereocenters. The van der Waals surface area contributed by atoms with Crippen LogP contribution in [0.1, 0.15) is 18.9 Å². The molecule has 0 spiro atoms. The Morgan fingerprint density at radius 3 is 2.62 bits per heavy atom. The second-order valence-corrected chi connectivity index (χ2v) is 6.66. The molecular formula is C19H18F3N3S. The molecule has 0 aliphatic carbocycles. The molecule has 1 aromatic heterocycles. The number of aromatic nitrogens is 2. The third-order valence-electron chi connectivity index (χ3n) is 3.71. The monoisotopic (exact) mass is 377 g/mol. The van der Waals surface area contributed by atoms with Gasteiger partial charge in [-0.15, -0.1) is 0 Å². The van der Waals surface area contributed by atoms with Gasteiger partial charge in [0.1, 0.15) is 5.82 Å². The zero-order valence-electron chi connectivity index (χ0n) is 14.1. The van der Waals surface area contributed by atoms with Gasteiger partial charge in [0.15, 0.2) is 0 Å². The van der Waals surface area contributed by atoms with Crippen LogP contribution >= 0.6 is 11.9 Å². The van der Waals surface area contributed by atoms with Gasteiger partial charge in [-0.25, -0.2) is 4.98 Å². The quantitative estimate of drug-likeness (QED) is 0.395. The Bertz CT molecular complexity index is 874. The van der Waals surface area contributed by atoms with Crippen LogP contribution in [-0.2, 0) is 6.18 Å². The molecule has 0 aliphatic rings. The van der Waals surface area contributed by atoms with E-state index in [2.05, 4.69) is 21.6 Å². The number of imidazole rings is 1. The van der Waals surface area contributed by atoms with E-state index in [1.807, 2.05) is 24.3 Å². The molecule has 0 fully saturated rings. The third-order valence-corrected chi connectivity index (χ3v) is 4.70. The highest BCUT2D eigenvalue weighted by Gasteiger charge is 2.30. The number of halogens is 3. The molecule has 7 heteroatoms. The number of rotatable bonds is 6. The van der Waals surface area contributed by atoms with Crippen molar-refractivity contribution in [2.24, 2.45) is 0 Å². The lowest BCUT2D eigenvalue weighted by Crippen LogP contribution is -2.04. The first-order valence-electron chi connectivity index (χ1n) is 8.18. The van der Waals surface area contributed by atoms with Crippen molar-refractivity contribution >= 4 is 17.6 Å². The minimum absolute atomic E-state index is 0.450. The third kappa shape index (κ3) is 4.40. The Hall–Kier alpha value is -2.41. The summed E-state index contributed by atoms with van der Waals surface area (Å²) in [4.78, 5) is 7.43. The van der Waals surface area contributed by atoms with E-state index in [1.165, 1.54) is 6.07 Å². The smallest absolute Gasteiger partial charge is 0.338 e. The predicted molar refractivity (Wildman–Crippen MR) is 101 cm³/mol. The zero-order chi connectivity index (χ0) is 18.6. The van der Waals surface area contributed by atoms with Crippen LogP contribution in [0.2, 0.25) is 0 Å². The summed E-state index contributed by atoms with van der Waals surface area (Å²) in [6.07, 6.45) is -1.73. The summed E-state index contributed by atoms with van der Waals surface area (Å²) < 4.78 is 41.9. The number of alkyl halides is 3. The van der Waals surface area contributed by atoms with Crippen molar-refractivity contribution in [1.29, 1.82) is 0 Å². The van der Waals surface area contributed by atoms with Gasteiger partial charge >= 0.3 is 6.18 Å². The van der Waals surface area contributed by atoms with Crippen LogP contribution in [0.4, 0.5) is 18.9 Å².